The maximum absolute atomic E-state index is 13.1. The summed E-state index contributed by atoms with van der Waals surface area (Å²) >= 11 is 9.04. The number of carbonyl (C=O) groups excluding carboxylic acids is 1. The number of hydrogen-bond acceptors (Lipinski definition) is 5. The number of hydrogen-bond donors (Lipinski definition) is 0. The second-order valence-electron chi connectivity index (χ2n) is 6.91. The van der Waals surface area contributed by atoms with Gasteiger partial charge in [-0.3, -0.25) is 9.69 Å². The molecule has 0 aliphatic carbocycles. The maximum atomic E-state index is 13.1. The van der Waals surface area contributed by atoms with Crippen LogP contribution in [0, 0.1) is 6.92 Å². The first kappa shape index (κ1) is 20.9. The lowest BCUT2D eigenvalue weighted by atomic mass is 10.2. The van der Waals surface area contributed by atoms with Gasteiger partial charge in [0.1, 0.15) is 0 Å². The van der Waals surface area contributed by atoms with Crippen molar-refractivity contribution in [1.29, 1.82) is 0 Å². The summed E-state index contributed by atoms with van der Waals surface area (Å²) in [6.45, 7) is 3.48. The van der Waals surface area contributed by atoms with Crippen molar-refractivity contribution in [2.45, 2.75) is 24.8 Å². The Balaban J connectivity index is 1.50. The zero-order valence-electron chi connectivity index (χ0n) is 16.5. The quantitative estimate of drug-likeness (QED) is 0.320. The number of nitrogens with zero attached hydrogens (tertiary/aromatic N) is 4. The second-order valence-corrected chi connectivity index (χ2v) is 9.40. The van der Waals surface area contributed by atoms with Crippen LogP contribution in [0.4, 0.5) is 5.13 Å². The number of benzene rings is 2. The molecule has 30 heavy (non-hydrogen) atoms. The van der Waals surface area contributed by atoms with Gasteiger partial charge in [-0.25, -0.2) is 9.97 Å². The van der Waals surface area contributed by atoms with Crippen molar-refractivity contribution < 1.29 is 4.79 Å². The zero-order chi connectivity index (χ0) is 20.9. The summed E-state index contributed by atoms with van der Waals surface area (Å²) in [7, 11) is 0. The Kier molecular flexibility index (Phi) is 6.72. The van der Waals surface area contributed by atoms with E-state index >= 15 is 0 Å². The molecule has 2 heterocycles. The highest BCUT2D eigenvalue weighted by Gasteiger charge is 2.20. The first-order valence-electron chi connectivity index (χ1n) is 9.60. The summed E-state index contributed by atoms with van der Waals surface area (Å²) in [6, 6.07) is 13.7. The third-order valence-electron chi connectivity index (χ3n) is 4.60. The van der Waals surface area contributed by atoms with E-state index in [1.807, 2.05) is 52.1 Å². The van der Waals surface area contributed by atoms with Crippen molar-refractivity contribution in [3.63, 3.8) is 0 Å². The molecule has 4 aromatic rings. The van der Waals surface area contributed by atoms with Gasteiger partial charge in [0.15, 0.2) is 5.13 Å². The molecule has 8 heteroatoms. The number of aromatic nitrogens is 3. The van der Waals surface area contributed by atoms with Crippen LogP contribution in [-0.2, 0) is 11.3 Å². The van der Waals surface area contributed by atoms with Crippen LogP contribution in [0.5, 0.6) is 0 Å². The lowest BCUT2D eigenvalue weighted by Crippen LogP contribution is -2.33. The van der Waals surface area contributed by atoms with E-state index in [4.69, 9.17) is 16.6 Å². The van der Waals surface area contributed by atoms with Crippen molar-refractivity contribution in [2.24, 2.45) is 0 Å². The molecule has 0 aliphatic heterocycles. The molecule has 0 aliphatic rings. The van der Waals surface area contributed by atoms with Crippen LogP contribution in [0.15, 0.2) is 66.1 Å². The average Bonchev–Trinajstić information content (AvgIpc) is 3.40. The molecule has 0 spiro atoms. The number of halogens is 1. The number of aryl methyl sites for hydroxylation is 2. The monoisotopic (exact) mass is 456 g/mol. The Bertz CT molecular complexity index is 1130. The van der Waals surface area contributed by atoms with Gasteiger partial charge in [0.25, 0.3) is 0 Å². The SMILES string of the molecule is Cc1ccc2nc(N(CCCn3ccnc3)C(=O)CSc3ccc(Cl)cc3)sc2c1. The largest absolute Gasteiger partial charge is 0.337 e. The second kappa shape index (κ2) is 9.64. The van der Waals surface area contributed by atoms with Crippen LogP contribution in [0.25, 0.3) is 10.2 Å². The van der Waals surface area contributed by atoms with Crippen LogP contribution >= 0.6 is 34.7 Å². The minimum absolute atomic E-state index is 0.0522. The van der Waals surface area contributed by atoms with E-state index in [2.05, 4.69) is 18.0 Å². The van der Waals surface area contributed by atoms with Gasteiger partial charge >= 0.3 is 0 Å². The lowest BCUT2D eigenvalue weighted by molar-refractivity contribution is -0.116. The number of fused-ring (bicyclic) bond motifs is 1. The van der Waals surface area contributed by atoms with Crippen LogP contribution in [-0.4, -0.2) is 32.7 Å². The number of carbonyl (C=O) groups is 1. The fourth-order valence-corrected chi connectivity index (χ4v) is 5.05. The molecular weight excluding hydrogens is 436 g/mol. The highest BCUT2D eigenvalue weighted by Crippen LogP contribution is 2.31. The predicted octanol–water partition coefficient (Wildman–Crippen LogP) is 5.67. The van der Waals surface area contributed by atoms with Gasteiger partial charge in [-0.15, -0.1) is 11.8 Å². The lowest BCUT2D eigenvalue weighted by Gasteiger charge is -2.20. The Hall–Kier alpha value is -2.35. The number of anilines is 1. The van der Waals surface area contributed by atoms with Crippen molar-refractivity contribution in [2.75, 3.05) is 17.2 Å². The highest BCUT2D eigenvalue weighted by molar-refractivity contribution is 8.00. The molecule has 2 aromatic carbocycles. The van der Waals surface area contributed by atoms with Gasteiger partial charge in [0.2, 0.25) is 5.91 Å². The van der Waals surface area contributed by atoms with Gasteiger partial charge in [0.05, 0.1) is 22.3 Å². The van der Waals surface area contributed by atoms with Gasteiger partial charge in [0, 0.05) is 35.4 Å². The Morgan fingerprint density at radius 1 is 1.23 bits per heavy atom. The molecule has 0 saturated heterocycles. The smallest absolute Gasteiger partial charge is 0.239 e. The number of imidazole rings is 1. The van der Waals surface area contributed by atoms with Gasteiger partial charge in [-0.05, 0) is 55.3 Å². The summed E-state index contributed by atoms with van der Waals surface area (Å²) < 4.78 is 3.12. The first-order valence-corrected chi connectivity index (χ1v) is 11.8. The maximum Gasteiger partial charge on any atom is 0.239 e. The van der Waals surface area contributed by atoms with Crippen molar-refractivity contribution in [3.8, 4) is 0 Å². The van der Waals surface area contributed by atoms with E-state index < -0.39 is 0 Å². The zero-order valence-corrected chi connectivity index (χ0v) is 18.9. The van der Waals surface area contributed by atoms with Gasteiger partial charge in [-0.1, -0.05) is 29.0 Å². The molecule has 1 amide bonds. The van der Waals surface area contributed by atoms with E-state index in [0.717, 1.165) is 33.2 Å². The molecule has 4 rings (SSSR count). The summed E-state index contributed by atoms with van der Waals surface area (Å²) in [5.74, 6) is 0.401. The van der Waals surface area contributed by atoms with E-state index in [1.165, 1.54) is 17.3 Å². The van der Waals surface area contributed by atoms with Crippen molar-refractivity contribution in [3.05, 3.63) is 71.8 Å². The molecule has 0 atom stereocenters. The van der Waals surface area contributed by atoms with Crippen LogP contribution in [0.1, 0.15) is 12.0 Å². The number of amides is 1. The minimum atomic E-state index is 0.0522. The van der Waals surface area contributed by atoms with Crippen molar-refractivity contribution >= 4 is 56.0 Å². The molecule has 0 N–H and O–H groups in total. The minimum Gasteiger partial charge on any atom is -0.337 e. The first-order chi connectivity index (χ1) is 14.6. The molecule has 2 aromatic heterocycles. The van der Waals surface area contributed by atoms with Gasteiger partial charge < -0.3 is 4.57 Å². The molecule has 0 saturated carbocycles. The van der Waals surface area contributed by atoms with E-state index in [9.17, 15) is 4.79 Å². The molecule has 5 nitrogen and oxygen atoms in total. The van der Waals surface area contributed by atoms with Gasteiger partial charge in [-0.2, -0.15) is 0 Å². The average molecular weight is 457 g/mol. The summed E-state index contributed by atoms with van der Waals surface area (Å²) in [4.78, 5) is 24.8. The standard InChI is InChI=1S/C22H21ClN4OS2/c1-16-3-8-19-20(13-16)30-22(25-19)27(11-2-10-26-12-9-24-15-26)21(28)14-29-18-6-4-17(23)5-7-18/h3-9,12-13,15H,2,10-11,14H2,1H3. The van der Waals surface area contributed by atoms with Crippen molar-refractivity contribution in [1.82, 2.24) is 14.5 Å². The number of thioether (sulfide) groups is 1. The van der Waals surface area contributed by atoms with Crippen LogP contribution in [0.3, 0.4) is 0 Å². The molecule has 0 unspecified atom stereocenters. The summed E-state index contributed by atoms with van der Waals surface area (Å²) in [6.07, 6.45) is 6.32. The fourth-order valence-electron chi connectivity index (χ4n) is 3.05. The Morgan fingerprint density at radius 3 is 2.83 bits per heavy atom. The Morgan fingerprint density at radius 2 is 2.07 bits per heavy atom. The number of rotatable bonds is 8. The summed E-state index contributed by atoms with van der Waals surface area (Å²) in [5, 5.41) is 1.44. The third-order valence-corrected chi connectivity index (χ3v) is 6.89. The topological polar surface area (TPSA) is 51.0 Å². The fraction of sp³-hybridized carbons (Fsp3) is 0.227. The normalized spacial score (nSPS) is 11.1. The van der Waals surface area contributed by atoms with E-state index in [0.29, 0.717) is 17.3 Å². The molecule has 154 valence electrons. The van der Waals surface area contributed by atoms with Crippen LogP contribution in [0.2, 0.25) is 5.02 Å². The molecule has 0 bridgehead atoms. The number of thiazole rings is 1. The predicted molar refractivity (Wildman–Crippen MR) is 126 cm³/mol. The third kappa shape index (κ3) is 5.22. The van der Waals surface area contributed by atoms with E-state index in [-0.39, 0.29) is 5.91 Å². The molecule has 0 radical (unpaired) electrons. The summed E-state index contributed by atoms with van der Waals surface area (Å²) in [5.41, 5.74) is 2.12. The highest BCUT2D eigenvalue weighted by atomic mass is 35.5. The van der Waals surface area contributed by atoms with E-state index in [1.54, 1.807) is 23.9 Å². The molecule has 0 fully saturated rings. The Labute approximate surface area is 188 Å². The molecular formula is C22H21ClN4OS2. The van der Waals surface area contributed by atoms with Crippen LogP contribution < -0.4 is 4.90 Å².